The van der Waals surface area contributed by atoms with Crippen molar-refractivity contribution in [3.63, 3.8) is 0 Å². The number of unbranched alkanes of at least 4 members (excludes halogenated alkanes) is 13. The molecule has 0 aliphatic rings. The SMILES string of the molecule is CCCCCCCCCCCCCCCCS(=O)(=O)Oc1ccc(Cl)c(NC(CC#N)=C(C)C)c1. The summed E-state index contributed by atoms with van der Waals surface area (Å²) in [6.07, 6.45) is 17.3. The van der Waals surface area contributed by atoms with Crippen LogP contribution in [0.25, 0.3) is 0 Å². The van der Waals surface area contributed by atoms with Gasteiger partial charge in [-0.25, -0.2) is 0 Å². The summed E-state index contributed by atoms with van der Waals surface area (Å²) >= 11 is 6.25. The van der Waals surface area contributed by atoms with Crippen molar-refractivity contribution in [1.82, 2.24) is 0 Å². The summed E-state index contributed by atoms with van der Waals surface area (Å²) in [5.41, 5.74) is 2.21. The van der Waals surface area contributed by atoms with E-state index in [1.54, 1.807) is 18.2 Å². The van der Waals surface area contributed by atoms with Crippen LogP contribution >= 0.6 is 11.6 Å². The average Bonchev–Trinajstić information content (AvgIpc) is 2.80. The van der Waals surface area contributed by atoms with Gasteiger partial charge in [0.05, 0.1) is 29.0 Å². The van der Waals surface area contributed by atoms with Crippen molar-refractivity contribution in [1.29, 1.82) is 5.26 Å². The number of nitriles is 1. The van der Waals surface area contributed by atoms with Crippen LogP contribution in [0.5, 0.6) is 5.75 Å². The van der Waals surface area contributed by atoms with E-state index in [0.717, 1.165) is 24.1 Å². The van der Waals surface area contributed by atoms with Crippen molar-refractivity contribution >= 4 is 27.4 Å². The third-order valence-corrected chi connectivity index (χ3v) is 7.62. The highest BCUT2D eigenvalue weighted by molar-refractivity contribution is 7.87. The van der Waals surface area contributed by atoms with Crippen molar-refractivity contribution in [3.05, 3.63) is 34.5 Å². The first kappa shape index (κ1) is 31.3. The molecule has 0 saturated heterocycles. The third-order valence-electron chi connectivity index (χ3n) is 6.05. The highest BCUT2D eigenvalue weighted by Crippen LogP contribution is 2.30. The van der Waals surface area contributed by atoms with E-state index in [0.29, 0.717) is 17.1 Å². The Balaban J connectivity index is 2.28. The number of nitrogens with zero attached hydrogens (tertiary/aromatic N) is 1. The lowest BCUT2D eigenvalue weighted by Crippen LogP contribution is -2.14. The fraction of sp³-hybridized carbons (Fsp3) is 0.679. The lowest BCUT2D eigenvalue weighted by atomic mass is 10.0. The van der Waals surface area contributed by atoms with Gasteiger partial charge < -0.3 is 9.50 Å². The van der Waals surface area contributed by atoms with Crippen LogP contribution in [0.1, 0.15) is 117 Å². The molecule has 0 spiro atoms. The van der Waals surface area contributed by atoms with Crippen LogP contribution < -0.4 is 9.50 Å². The molecule has 1 aromatic carbocycles. The Morgan fingerprint density at radius 1 is 0.914 bits per heavy atom. The van der Waals surface area contributed by atoms with Crippen LogP contribution in [0.2, 0.25) is 5.02 Å². The Bertz CT molecular complexity index is 903. The maximum absolute atomic E-state index is 12.4. The van der Waals surface area contributed by atoms with E-state index in [9.17, 15) is 8.42 Å². The molecule has 0 aromatic heterocycles. The molecule has 0 fully saturated rings. The molecule has 0 radical (unpaired) electrons. The summed E-state index contributed by atoms with van der Waals surface area (Å²) in [5.74, 6) is 0.219. The monoisotopic (exact) mass is 524 g/mol. The fourth-order valence-corrected chi connectivity index (χ4v) is 5.10. The molecule has 198 valence electrons. The number of rotatable bonds is 20. The molecule has 7 heteroatoms. The van der Waals surface area contributed by atoms with Crippen molar-refractivity contribution in [2.75, 3.05) is 11.1 Å². The zero-order valence-electron chi connectivity index (χ0n) is 22.0. The Labute approximate surface area is 219 Å². The first-order valence-electron chi connectivity index (χ1n) is 13.3. The third kappa shape index (κ3) is 15.1. The minimum atomic E-state index is -3.67. The van der Waals surface area contributed by atoms with Gasteiger partial charge in [-0.2, -0.15) is 13.7 Å². The molecule has 0 heterocycles. The second-order valence-electron chi connectivity index (χ2n) is 9.52. The molecule has 0 aliphatic carbocycles. The van der Waals surface area contributed by atoms with Gasteiger partial charge in [0, 0.05) is 11.8 Å². The van der Waals surface area contributed by atoms with Crippen LogP contribution in [-0.2, 0) is 10.1 Å². The lowest BCUT2D eigenvalue weighted by molar-refractivity contribution is 0.481. The van der Waals surface area contributed by atoms with Gasteiger partial charge in [-0.05, 0) is 32.4 Å². The molecule has 0 bridgehead atoms. The molecular formula is C28H45ClN2O3S. The summed E-state index contributed by atoms with van der Waals surface area (Å²) in [6.45, 7) is 6.05. The topological polar surface area (TPSA) is 79.2 Å². The van der Waals surface area contributed by atoms with Crippen LogP contribution in [0, 0.1) is 11.3 Å². The summed E-state index contributed by atoms with van der Waals surface area (Å²) in [4.78, 5) is 0. The van der Waals surface area contributed by atoms with E-state index in [-0.39, 0.29) is 17.9 Å². The molecule has 0 atom stereocenters. The van der Waals surface area contributed by atoms with Gasteiger partial charge >= 0.3 is 10.1 Å². The van der Waals surface area contributed by atoms with Gasteiger partial charge in [-0.3, -0.25) is 0 Å². The number of allylic oxidation sites excluding steroid dienone is 2. The molecule has 1 N–H and O–H groups in total. The van der Waals surface area contributed by atoms with Crippen molar-refractivity contribution in [3.8, 4) is 11.8 Å². The van der Waals surface area contributed by atoms with Gasteiger partial charge in [-0.15, -0.1) is 0 Å². The smallest absolute Gasteiger partial charge is 0.309 e. The Kier molecular flexibility index (Phi) is 16.6. The van der Waals surface area contributed by atoms with E-state index < -0.39 is 10.1 Å². The van der Waals surface area contributed by atoms with E-state index in [4.69, 9.17) is 21.0 Å². The molecule has 5 nitrogen and oxygen atoms in total. The number of anilines is 1. The summed E-state index contributed by atoms with van der Waals surface area (Å²) in [5, 5.41) is 12.6. The number of hydrogen-bond acceptors (Lipinski definition) is 5. The Morgan fingerprint density at radius 3 is 1.91 bits per heavy atom. The quantitative estimate of drug-likeness (QED) is 0.136. The minimum Gasteiger partial charge on any atom is -0.382 e. The predicted octanol–water partition coefficient (Wildman–Crippen LogP) is 9.15. The van der Waals surface area contributed by atoms with Crippen LogP contribution in [0.4, 0.5) is 5.69 Å². The number of nitrogens with one attached hydrogen (secondary N) is 1. The maximum Gasteiger partial charge on any atom is 0.309 e. The van der Waals surface area contributed by atoms with E-state index >= 15 is 0 Å². The first-order valence-corrected chi connectivity index (χ1v) is 15.3. The Hall–Kier alpha value is -1.71. The molecule has 1 rings (SSSR count). The Morgan fingerprint density at radius 2 is 1.43 bits per heavy atom. The number of benzene rings is 1. The van der Waals surface area contributed by atoms with Crippen molar-refractivity contribution in [2.45, 2.75) is 117 Å². The molecule has 0 unspecified atom stereocenters. The van der Waals surface area contributed by atoms with Gasteiger partial charge in [0.1, 0.15) is 5.75 Å². The van der Waals surface area contributed by atoms with Crippen LogP contribution in [0.15, 0.2) is 29.5 Å². The molecule has 0 aliphatic heterocycles. The van der Waals surface area contributed by atoms with Gasteiger partial charge in [0.2, 0.25) is 0 Å². The molecule has 0 saturated carbocycles. The standard InChI is InChI=1S/C28H45ClN2O3S/c1-4-5-6-7-8-9-10-11-12-13-14-15-16-17-22-35(32,33)34-25-18-19-26(29)28(23-25)31-27(20-21-30)24(2)3/h18-19,23,31H,4-17,20,22H2,1-3H3. The summed E-state index contributed by atoms with van der Waals surface area (Å²) < 4.78 is 30.1. The predicted molar refractivity (Wildman–Crippen MR) is 148 cm³/mol. The zero-order chi connectivity index (χ0) is 25.9. The molecular weight excluding hydrogens is 480 g/mol. The summed E-state index contributed by atoms with van der Waals surface area (Å²) in [6, 6.07) is 6.81. The van der Waals surface area contributed by atoms with Crippen molar-refractivity contribution in [2.24, 2.45) is 0 Å². The normalized spacial score (nSPS) is 11.2. The largest absolute Gasteiger partial charge is 0.382 e. The van der Waals surface area contributed by atoms with Crippen LogP contribution in [0.3, 0.4) is 0 Å². The van der Waals surface area contributed by atoms with E-state index in [1.165, 1.54) is 70.6 Å². The molecule has 1 aromatic rings. The van der Waals surface area contributed by atoms with E-state index in [1.807, 2.05) is 13.8 Å². The fourth-order valence-electron chi connectivity index (χ4n) is 3.90. The number of halogens is 1. The highest BCUT2D eigenvalue weighted by Gasteiger charge is 2.14. The highest BCUT2D eigenvalue weighted by atomic mass is 35.5. The average molecular weight is 525 g/mol. The van der Waals surface area contributed by atoms with Gasteiger partial charge in [0.25, 0.3) is 0 Å². The second kappa shape index (κ2) is 18.5. The second-order valence-corrected chi connectivity index (χ2v) is 11.6. The van der Waals surface area contributed by atoms with Crippen molar-refractivity contribution < 1.29 is 12.6 Å². The van der Waals surface area contributed by atoms with Gasteiger partial charge in [0.15, 0.2) is 0 Å². The number of hydrogen-bond donors (Lipinski definition) is 1. The van der Waals surface area contributed by atoms with E-state index in [2.05, 4.69) is 18.3 Å². The first-order chi connectivity index (χ1) is 16.8. The molecule has 0 amide bonds. The zero-order valence-corrected chi connectivity index (χ0v) is 23.6. The van der Waals surface area contributed by atoms with Gasteiger partial charge in [-0.1, -0.05) is 108 Å². The summed E-state index contributed by atoms with van der Waals surface area (Å²) in [7, 11) is -3.67. The lowest BCUT2D eigenvalue weighted by Gasteiger charge is -2.14. The van der Waals surface area contributed by atoms with Crippen LogP contribution in [-0.4, -0.2) is 14.2 Å². The molecule has 35 heavy (non-hydrogen) atoms. The maximum atomic E-state index is 12.4. The minimum absolute atomic E-state index is 0.00404.